The fraction of sp³-hybridized carbons (Fsp3) is 0.636. The standard InChI is InChI=1S/C11H16NOS/c1-12-5-2-3-9(12)10(13)11-8(7-12)4-6-14-11/h4,6,9-10,13H,2-3,5,7H2,1H3/q+1/t9-,10-,12?/m0/s1. The predicted octanol–water partition coefficient (Wildman–Crippen LogP) is 1.90. The number of aliphatic hydroxyl groups is 1. The summed E-state index contributed by atoms with van der Waals surface area (Å²) in [5.41, 5.74) is 1.38. The average molecular weight is 210 g/mol. The molecular formula is C11H16NOS+. The fourth-order valence-corrected chi connectivity index (χ4v) is 4.10. The second-order valence-corrected chi connectivity index (χ2v) is 5.77. The van der Waals surface area contributed by atoms with Crippen LogP contribution in [-0.4, -0.2) is 29.2 Å². The van der Waals surface area contributed by atoms with E-state index in [2.05, 4.69) is 18.5 Å². The predicted molar refractivity (Wildman–Crippen MR) is 57.1 cm³/mol. The summed E-state index contributed by atoms with van der Waals surface area (Å²) in [5, 5.41) is 12.4. The molecule has 0 aromatic carbocycles. The summed E-state index contributed by atoms with van der Waals surface area (Å²) >= 11 is 1.72. The molecule has 1 fully saturated rings. The van der Waals surface area contributed by atoms with Crippen molar-refractivity contribution in [3.8, 4) is 0 Å². The third-order valence-electron chi connectivity index (χ3n) is 3.91. The first-order chi connectivity index (χ1) is 6.71. The Morgan fingerprint density at radius 3 is 3.29 bits per heavy atom. The van der Waals surface area contributed by atoms with Crippen LogP contribution in [0.5, 0.6) is 0 Å². The molecule has 0 saturated carbocycles. The minimum atomic E-state index is -0.203. The van der Waals surface area contributed by atoms with Crippen molar-refractivity contribution in [1.82, 2.24) is 0 Å². The van der Waals surface area contributed by atoms with E-state index < -0.39 is 0 Å². The number of fused-ring (bicyclic) bond motifs is 2. The maximum absolute atomic E-state index is 10.3. The summed E-state index contributed by atoms with van der Waals surface area (Å²) in [4.78, 5) is 1.23. The van der Waals surface area contributed by atoms with Crippen molar-refractivity contribution < 1.29 is 9.59 Å². The van der Waals surface area contributed by atoms with E-state index in [9.17, 15) is 5.11 Å². The number of hydrogen-bond acceptors (Lipinski definition) is 2. The topological polar surface area (TPSA) is 20.2 Å². The van der Waals surface area contributed by atoms with Crippen LogP contribution in [0.2, 0.25) is 0 Å². The Hall–Kier alpha value is -0.380. The van der Waals surface area contributed by atoms with Gasteiger partial charge in [-0.2, -0.15) is 0 Å². The molecule has 1 N–H and O–H groups in total. The normalized spacial score (nSPS) is 40.7. The minimum Gasteiger partial charge on any atom is -0.381 e. The Morgan fingerprint density at radius 2 is 2.43 bits per heavy atom. The molecule has 3 rings (SSSR count). The minimum absolute atomic E-state index is 0.203. The molecule has 2 aliphatic heterocycles. The lowest BCUT2D eigenvalue weighted by molar-refractivity contribution is -0.940. The van der Waals surface area contributed by atoms with Gasteiger partial charge in [0.25, 0.3) is 0 Å². The maximum Gasteiger partial charge on any atom is 0.140 e. The molecule has 14 heavy (non-hydrogen) atoms. The number of hydrogen-bond donors (Lipinski definition) is 1. The van der Waals surface area contributed by atoms with Gasteiger partial charge in [0.05, 0.1) is 13.6 Å². The van der Waals surface area contributed by atoms with Gasteiger partial charge in [-0.1, -0.05) is 0 Å². The van der Waals surface area contributed by atoms with Gasteiger partial charge in [0.1, 0.15) is 18.7 Å². The van der Waals surface area contributed by atoms with Crippen molar-refractivity contribution in [1.29, 1.82) is 0 Å². The van der Waals surface area contributed by atoms with Crippen LogP contribution in [-0.2, 0) is 6.54 Å². The van der Waals surface area contributed by atoms with Crippen LogP contribution in [0.3, 0.4) is 0 Å². The highest BCUT2D eigenvalue weighted by Gasteiger charge is 2.47. The molecule has 1 saturated heterocycles. The molecule has 3 atom stereocenters. The second kappa shape index (κ2) is 2.81. The Bertz CT molecular complexity index is 362. The number of nitrogens with zero attached hydrogens (tertiary/aromatic N) is 1. The third-order valence-corrected chi connectivity index (χ3v) is 4.94. The van der Waals surface area contributed by atoms with Gasteiger partial charge in [0.2, 0.25) is 0 Å². The van der Waals surface area contributed by atoms with Gasteiger partial charge in [-0.05, 0) is 11.4 Å². The lowest BCUT2D eigenvalue weighted by atomic mass is 9.97. The van der Waals surface area contributed by atoms with Gasteiger partial charge in [0.15, 0.2) is 0 Å². The molecule has 0 aliphatic carbocycles. The number of rotatable bonds is 0. The monoisotopic (exact) mass is 210 g/mol. The van der Waals surface area contributed by atoms with Gasteiger partial charge >= 0.3 is 0 Å². The molecule has 2 nitrogen and oxygen atoms in total. The first-order valence-electron chi connectivity index (χ1n) is 5.29. The van der Waals surface area contributed by atoms with E-state index in [0.29, 0.717) is 6.04 Å². The number of aliphatic hydroxyl groups excluding tert-OH is 1. The van der Waals surface area contributed by atoms with E-state index in [4.69, 9.17) is 0 Å². The number of thiophene rings is 1. The summed E-state index contributed by atoms with van der Waals surface area (Å²) < 4.78 is 1.06. The van der Waals surface area contributed by atoms with Crippen LogP contribution in [0.1, 0.15) is 29.4 Å². The van der Waals surface area contributed by atoms with Crippen molar-refractivity contribution in [3.05, 3.63) is 21.9 Å². The molecule has 0 radical (unpaired) electrons. The van der Waals surface area contributed by atoms with Crippen LogP contribution in [0.15, 0.2) is 11.4 Å². The molecule has 0 bridgehead atoms. The van der Waals surface area contributed by atoms with E-state index in [-0.39, 0.29) is 6.10 Å². The lowest BCUT2D eigenvalue weighted by Gasteiger charge is -2.42. The zero-order valence-electron chi connectivity index (χ0n) is 8.44. The van der Waals surface area contributed by atoms with Crippen molar-refractivity contribution in [2.75, 3.05) is 13.6 Å². The van der Waals surface area contributed by atoms with Gasteiger partial charge in [0, 0.05) is 23.3 Å². The van der Waals surface area contributed by atoms with Gasteiger partial charge in [-0.25, -0.2) is 0 Å². The molecule has 1 unspecified atom stereocenters. The van der Waals surface area contributed by atoms with Crippen LogP contribution in [0.4, 0.5) is 0 Å². The molecule has 3 heteroatoms. The second-order valence-electron chi connectivity index (χ2n) is 4.83. The van der Waals surface area contributed by atoms with Crippen LogP contribution >= 0.6 is 11.3 Å². The fourth-order valence-electron chi connectivity index (χ4n) is 3.14. The average Bonchev–Trinajstić information content (AvgIpc) is 2.70. The van der Waals surface area contributed by atoms with E-state index in [1.807, 2.05) is 0 Å². The van der Waals surface area contributed by atoms with Crippen molar-refractivity contribution in [2.24, 2.45) is 0 Å². The Balaban J connectivity index is 2.08. The molecular weight excluding hydrogens is 194 g/mol. The Morgan fingerprint density at radius 1 is 1.57 bits per heavy atom. The van der Waals surface area contributed by atoms with E-state index >= 15 is 0 Å². The zero-order chi connectivity index (χ0) is 9.76. The molecule has 0 spiro atoms. The van der Waals surface area contributed by atoms with Gasteiger partial charge in [-0.15, -0.1) is 11.3 Å². The molecule has 1 aromatic heterocycles. The Labute approximate surface area is 88.4 Å². The lowest BCUT2D eigenvalue weighted by Crippen LogP contribution is -2.52. The third kappa shape index (κ3) is 1.03. The highest BCUT2D eigenvalue weighted by molar-refractivity contribution is 7.10. The quantitative estimate of drug-likeness (QED) is 0.648. The van der Waals surface area contributed by atoms with Crippen molar-refractivity contribution >= 4 is 11.3 Å². The summed E-state index contributed by atoms with van der Waals surface area (Å²) in [6.07, 6.45) is 2.26. The number of likely N-dealkylation sites (N-methyl/N-ethyl adjacent to an activating group) is 1. The van der Waals surface area contributed by atoms with Gasteiger partial charge < -0.3 is 9.59 Å². The number of quaternary nitrogens is 1. The van der Waals surface area contributed by atoms with E-state index in [1.165, 1.54) is 29.8 Å². The van der Waals surface area contributed by atoms with Crippen molar-refractivity contribution in [3.63, 3.8) is 0 Å². The smallest absolute Gasteiger partial charge is 0.140 e. The highest BCUT2D eigenvalue weighted by atomic mass is 32.1. The van der Waals surface area contributed by atoms with Gasteiger partial charge in [-0.3, -0.25) is 0 Å². The highest BCUT2D eigenvalue weighted by Crippen LogP contribution is 2.43. The summed E-state index contributed by atoms with van der Waals surface area (Å²) in [7, 11) is 2.29. The zero-order valence-corrected chi connectivity index (χ0v) is 9.26. The first kappa shape index (κ1) is 8.89. The SMILES string of the molecule is C[N+]12CCC[C@H]1[C@H](O)c1sccc1C2. The van der Waals surface area contributed by atoms with E-state index in [0.717, 1.165) is 11.0 Å². The maximum atomic E-state index is 10.3. The van der Waals surface area contributed by atoms with Crippen LogP contribution < -0.4 is 0 Å². The summed E-state index contributed by atoms with van der Waals surface area (Å²) in [6, 6.07) is 2.64. The molecule has 0 amide bonds. The molecule has 76 valence electrons. The van der Waals surface area contributed by atoms with Crippen molar-refractivity contribution in [2.45, 2.75) is 31.5 Å². The van der Waals surface area contributed by atoms with Crippen LogP contribution in [0, 0.1) is 0 Å². The largest absolute Gasteiger partial charge is 0.381 e. The molecule has 1 aromatic rings. The molecule has 2 aliphatic rings. The summed E-state index contributed by atoms with van der Waals surface area (Å²) in [5.74, 6) is 0. The van der Waals surface area contributed by atoms with E-state index in [1.54, 1.807) is 11.3 Å². The summed E-state index contributed by atoms with van der Waals surface area (Å²) in [6.45, 7) is 2.36. The first-order valence-corrected chi connectivity index (χ1v) is 6.17. The van der Waals surface area contributed by atoms with Crippen LogP contribution in [0.25, 0.3) is 0 Å². The Kier molecular flexibility index (Phi) is 1.79. The molecule has 3 heterocycles.